The molecular weight excluding hydrogens is 216 g/mol. The van der Waals surface area contributed by atoms with E-state index in [9.17, 15) is 0 Å². The molecule has 0 aliphatic heterocycles. The van der Waals surface area contributed by atoms with E-state index in [0.717, 1.165) is 6.42 Å². The van der Waals surface area contributed by atoms with Crippen LogP contribution in [0.5, 0.6) is 0 Å². The van der Waals surface area contributed by atoms with E-state index in [1.807, 2.05) is 6.08 Å². The normalized spacial score (nSPS) is 13.3. The maximum atomic E-state index is 3.97. The zero-order valence-electron chi connectivity index (χ0n) is 12.3. The SMILES string of the molecule is C=CC(C(=CC)CC)=C(C)c1ccc(C)c(C)c1. The molecule has 0 aliphatic rings. The Morgan fingerprint density at radius 2 is 1.89 bits per heavy atom. The predicted octanol–water partition coefficient (Wildman–Crippen LogP) is 5.62. The molecule has 0 bridgehead atoms. The number of benzene rings is 1. The van der Waals surface area contributed by atoms with E-state index in [-0.39, 0.29) is 0 Å². The molecule has 0 amide bonds. The summed E-state index contributed by atoms with van der Waals surface area (Å²) >= 11 is 0. The largest absolute Gasteiger partial charge is 0.0984 e. The summed E-state index contributed by atoms with van der Waals surface area (Å²) in [6.07, 6.45) is 5.20. The van der Waals surface area contributed by atoms with Gasteiger partial charge in [-0.3, -0.25) is 0 Å². The topological polar surface area (TPSA) is 0 Å². The first-order valence-corrected chi connectivity index (χ1v) is 6.61. The minimum Gasteiger partial charge on any atom is -0.0984 e. The lowest BCUT2D eigenvalue weighted by Crippen LogP contribution is -1.92. The fraction of sp³-hybridized carbons (Fsp3) is 0.333. The average molecular weight is 240 g/mol. The smallest absolute Gasteiger partial charge is 0.0199 e. The molecule has 0 aromatic heterocycles. The van der Waals surface area contributed by atoms with Gasteiger partial charge in [-0.2, -0.15) is 0 Å². The van der Waals surface area contributed by atoms with Gasteiger partial charge in [0.25, 0.3) is 0 Å². The van der Waals surface area contributed by atoms with Crippen LogP contribution in [0.25, 0.3) is 5.57 Å². The second-order valence-electron chi connectivity index (χ2n) is 4.71. The Bertz CT molecular complexity index is 499. The van der Waals surface area contributed by atoms with Crippen LogP contribution in [-0.2, 0) is 0 Å². The van der Waals surface area contributed by atoms with E-state index in [1.165, 1.54) is 33.4 Å². The Kier molecular flexibility index (Phi) is 5.15. The summed E-state index contributed by atoms with van der Waals surface area (Å²) < 4.78 is 0. The summed E-state index contributed by atoms with van der Waals surface area (Å²) in [4.78, 5) is 0. The Balaban J connectivity index is 3.35. The van der Waals surface area contributed by atoms with Crippen LogP contribution in [0.4, 0.5) is 0 Å². The lowest BCUT2D eigenvalue weighted by atomic mass is 9.92. The van der Waals surface area contributed by atoms with Gasteiger partial charge in [-0.1, -0.05) is 43.9 Å². The zero-order valence-corrected chi connectivity index (χ0v) is 12.3. The van der Waals surface area contributed by atoms with Crippen LogP contribution in [0.1, 0.15) is 43.9 Å². The quantitative estimate of drug-likeness (QED) is 0.599. The van der Waals surface area contributed by atoms with E-state index in [4.69, 9.17) is 0 Å². The van der Waals surface area contributed by atoms with E-state index in [0.29, 0.717) is 0 Å². The van der Waals surface area contributed by atoms with Crippen molar-refractivity contribution in [1.82, 2.24) is 0 Å². The van der Waals surface area contributed by atoms with Gasteiger partial charge >= 0.3 is 0 Å². The van der Waals surface area contributed by atoms with Gasteiger partial charge in [0.05, 0.1) is 0 Å². The lowest BCUT2D eigenvalue weighted by Gasteiger charge is -2.13. The number of allylic oxidation sites excluding steroid dienone is 5. The third-order valence-electron chi connectivity index (χ3n) is 3.62. The number of hydrogen-bond acceptors (Lipinski definition) is 0. The van der Waals surface area contributed by atoms with Crippen LogP contribution >= 0.6 is 0 Å². The molecule has 0 N–H and O–H groups in total. The third-order valence-corrected chi connectivity index (χ3v) is 3.62. The monoisotopic (exact) mass is 240 g/mol. The number of aryl methyl sites for hydroxylation is 2. The summed E-state index contributed by atoms with van der Waals surface area (Å²) in [7, 11) is 0. The molecule has 0 saturated carbocycles. The highest BCUT2D eigenvalue weighted by Gasteiger charge is 2.06. The maximum absolute atomic E-state index is 3.97. The molecule has 0 nitrogen and oxygen atoms in total. The summed E-state index contributed by atoms with van der Waals surface area (Å²) in [5.74, 6) is 0. The van der Waals surface area contributed by atoms with Gasteiger partial charge in [-0.25, -0.2) is 0 Å². The highest BCUT2D eigenvalue weighted by Crippen LogP contribution is 2.27. The maximum Gasteiger partial charge on any atom is -0.0199 e. The minimum atomic E-state index is 1.04. The van der Waals surface area contributed by atoms with Gasteiger partial charge in [0.2, 0.25) is 0 Å². The molecule has 0 aliphatic carbocycles. The summed E-state index contributed by atoms with van der Waals surface area (Å²) in [5.41, 5.74) is 7.91. The van der Waals surface area contributed by atoms with Crippen molar-refractivity contribution in [2.75, 3.05) is 0 Å². The third kappa shape index (κ3) is 3.01. The molecule has 1 aromatic carbocycles. The van der Waals surface area contributed by atoms with E-state index in [1.54, 1.807) is 0 Å². The van der Waals surface area contributed by atoms with Crippen molar-refractivity contribution in [2.45, 2.75) is 41.0 Å². The predicted molar refractivity (Wildman–Crippen MR) is 82.8 cm³/mol. The minimum absolute atomic E-state index is 1.04. The van der Waals surface area contributed by atoms with Crippen LogP contribution in [-0.4, -0.2) is 0 Å². The highest BCUT2D eigenvalue weighted by molar-refractivity contribution is 5.74. The lowest BCUT2D eigenvalue weighted by molar-refractivity contribution is 1.12. The molecule has 0 spiro atoms. The molecule has 18 heavy (non-hydrogen) atoms. The van der Waals surface area contributed by atoms with Gasteiger partial charge in [-0.15, -0.1) is 0 Å². The first-order valence-electron chi connectivity index (χ1n) is 6.61. The zero-order chi connectivity index (χ0) is 13.7. The molecule has 0 unspecified atom stereocenters. The van der Waals surface area contributed by atoms with Crippen molar-refractivity contribution >= 4 is 5.57 Å². The molecule has 0 saturated heterocycles. The van der Waals surface area contributed by atoms with Crippen LogP contribution in [0, 0.1) is 13.8 Å². The summed E-state index contributed by atoms with van der Waals surface area (Å²) in [6.45, 7) is 14.7. The van der Waals surface area contributed by atoms with Crippen LogP contribution in [0.2, 0.25) is 0 Å². The summed E-state index contributed by atoms with van der Waals surface area (Å²) in [6, 6.07) is 6.65. The van der Waals surface area contributed by atoms with Crippen molar-refractivity contribution < 1.29 is 0 Å². The first-order chi connectivity index (χ1) is 8.54. The molecule has 1 aromatic rings. The van der Waals surface area contributed by atoms with Gasteiger partial charge in [0.1, 0.15) is 0 Å². The molecule has 0 radical (unpaired) electrons. The highest BCUT2D eigenvalue weighted by atomic mass is 14.1. The molecule has 0 heteroatoms. The van der Waals surface area contributed by atoms with Crippen molar-refractivity contribution in [2.24, 2.45) is 0 Å². The van der Waals surface area contributed by atoms with Crippen molar-refractivity contribution in [3.05, 3.63) is 64.8 Å². The Labute approximate surface area is 112 Å². The Morgan fingerprint density at radius 1 is 1.22 bits per heavy atom. The van der Waals surface area contributed by atoms with Gasteiger partial charge in [0.15, 0.2) is 0 Å². The second-order valence-corrected chi connectivity index (χ2v) is 4.71. The average Bonchev–Trinajstić information content (AvgIpc) is 2.38. The fourth-order valence-corrected chi connectivity index (χ4v) is 2.21. The van der Waals surface area contributed by atoms with E-state index >= 15 is 0 Å². The van der Waals surface area contributed by atoms with Gasteiger partial charge in [0, 0.05) is 0 Å². The first kappa shape index (κ1) is 14.5. The van der Waals surface area contributed by atoms with Gasteiger partial charge < -0.3 is 0 Å². The molecular formula is C18H24. The molecule has 96 valence electrons. The summed E-state index contributed by atoms with van der Waals surface area (Å²) in [5, 5.41) is 0. The van der Waals surface area contributed by atoms with Crippen LogP contribution in [0.3, 0.4) is 0 Å². The molecule has 0 heterocycles. The standard InChI is InChI=1S/C18H24/c1-7-16(8-2)18(9-3)15(6)17-11-10-13(4)14(5)12-17/h7,9-12H,3,8H2,1-2,4-6H3. The van der Waals surface area contributed by atoms with Gasteiger partial charge in [-0.05, 0) is 67.5 Å². The number of hydrogen-bond donors (Lipinski definition) is 0. The van der Waals surface area contributed by atoms with E-state index in [2.05, 4.69) is 65.5 Å². The molecule has 0 fully saturated rings. The Morgan fingerprint density at radius 3 is 2.33 bits per heavy atom. The molecule has 1 rings (SSSR count). The van der Waals surface area contributed by atoms with Crippen molar-refractivity contribution in [1.29, 1.82) is 0 Å². The molecule has 0 atom stereocenters. The van der Waals surface area contributed by atoms with E-state index < -0.39 is 0 Å². The van der Waals surface area contributed by atoms with Crippen molar-refractivity contribution in [3.63, 3.8) is 0 Å². The Hall–Kier alpha value is -1.56. The van der Waals surface area contributed by atoms with Crippen LogP contribution in [0.15, 0.2) is 48.1 Å². The van der Waals surface area contributed by atoms with Crippen molar-refractivity contribution in [3.8, 4) is 0 Å². The fourth-order valence-electron chi connectivity index (χ4n) is 2.21. The number of rotatable bonds is 4. The second kappa shape index (κ2) is 6.39. The van der Waals surface area contributed by atoms with Crippen LogP contribution < -0.4 is 0 Å².